The fraction of sp³-hybridized carbons (Fsp3) is 0.423. The number of likely N-dealkylation sites (N-methyl/N-ethyl adjacent to an activating group) is 1. The zero-order valence-electron chi connectivity index (χ0n) is 42.2. The summed E-state index contributed by atoms with van der Waals surface area (Å²) in [6, 6.07) is 21.4. The minimum Gasteiger partial charge on any atom is -0.508 e. The van der Waals surface area contributed by atoms with Crippen LogP contribution < -0.4 is 15.4 Å². The van der Waals surface area contributed by atoms with E-state index < -0.39 is 18.6 Å². The van der Waals surface area contributed by atoms with Crippen LogP contribution in [0.25, 0.3) is 34.2 Å². The lowest BCUT2D eigenvalue weighted by atomic mass is 9.98. The summed E-state index contributed by atoms with van der Waals surface area (Å²) in [5, 5.41) is 52.5. The molecule has 18 nitrogen and oxygen atoms in total. The van der Waals surface area contributed by atoms with Crippen molar-refractivity contribution < 1.29 is 47.6 Å². The minimum absolute atomic E-state index is 0.0104. The molecule has 8 rings (SSSR count). The first kappa shape index (κ1) is 53.7. The number of methoxy groups -OCH3 is 1. The summed E-state index contributed by atoms with van der Waals surface area (Å²) in [4.78, 5) is 32.5. The molecule has 0 radical (unpaired) electrons. The number of morpholine rings is 1. The highest BCUT2D eigenvalue weighted by molar-refractivity contribution is 5.93. The van der Waals surface area contributed by atoms with Gasteiger partial charge in [-0.25, -0.2) is 0 Å². The van der Waals surface area contributed by atoms with Crippen molar-refractivity contribution in [1.29, 1.82) is 0 Å². The van der Waals surface area contributed by atoms with Gasteiger partial charge < -0.3 is 40.3 Å². The Morgan fingerprint density at radius 1 is 0.658 bits per heavy atom. The van der Waals surface area contributed by atoms with Crippen LogP contribution in [-0.4, -0.2) is 157 Å². The highest BCUT2D eigenvalue weighted by Gasteiger charge is 2.31. The number of amides is 2. The van der Waals surface area contributed by atoms with Gasteiger partial charge in [0, 0.05) is 82.9 Å². The molecule has 0 spiro atoms. The largest absolute Gasteiger partial charge is 0.508 e. The van der Waals surface area contributed by atoms with Crippen LogP contribution in [0.15, 0.2) is 72.8 Å². The van der Waals surface area contributed by atoms with Gasteiger partial charge in [-0.3, -0.25) is 28.5 Å². The number of benzene rings is 4. The normalized spacial score (nSPS) is 14.8. The van der Waals surface area contributed by atoms with Crippen molar-refractivity contribution in [2.75, 3.05) is 79.7 Å². The van der Waals surface area contributed by atoms with E-state index in [1.165, 1.54) is 22.3 Å². The lowest BCUT2D eigenvalue weighted by Crippen LogP contribution is -2.45. The summed E-state index contributed by atoms with van der Waals surface area (Å²) >= 11 is 0. The third kappa shape index (κ3) is 12.9. The van der Waals surface area contributed by atoms with Crippen LogP contribution in [0.2, 0.25) is 0 Å². The Bertz CT molecular complexity index is 2840. The Morgan fingerprint density at radius 3 is 1.59 bits per heavy atom. The lowest BCUT2D eigenvalue weighted by Gasteiger charge is -2.34. The number of ether oxygens (including phenoxy) is 2. The van der Waals surface area contributed by atoms with Gasteiger partial charge in [0.1, 0.15) is 29.5 Å². The molecule has 2 saturated heterocycles. The molecule has 2 amide bonds. The topological polar surface area (TPSA) is 208 Å². The molecular formula is C52H64F3N11O7. The fourth-order valence-electron chi connectivity index (χ4n) is 8.74. The first-order valence-electron chi connectivity index (χ1n) is 24.3. The number of nitrogens with zero attached hydrogens (tertiary/aromatic N) is 9. The van der Waals surface area contributed by atoms with Crippen LogP contribution >= 0.6 is 0 Å². The minimum atomic E-state index is -4.61. The molecule has 2 aliphatic heterocycles. The van der Waals surface area contributed by atoms with Gasteiger partial charge >= 0.3 is 6.18 Å². The molecule has 4 heterocycles. The number of hydrogen-bond donors (Lipinski definition) is 5. The zero-order valence-corrected chi connectivity index (χ0v) is 42.2. The Labute approximate surface area is 422 Å². The predicted octanol–water partition coefficient (Wildman–Crippen LogP) is 6.86. The van der Waals surface area contributed by atoms with Crippen LogP contribution in [0, 0.1) is 0 Å². The Hall–Kier alpha value is -7.07. The van der Waals surface area contributed by atoms with E-state index in [1.54, 1.807) is 36.9 Å². The number of aromatic nitrogens is 6. The quantitative estimate of drug-likeness (QED) is 0.0713. The van der Waals surface area contributed by atoms with Gasteiger partial charge in [-0.1, -0.05) is 58.9 Å². The highest BCUT2D eigenvalue weighted by Crippen LogP contribution is 2.40. The molecule has 0 aliphatic carbocycles. The lowest BCUT2D eigenvalue weighted by molar-refractivity contribution is -0.123. The van der Waals surface area contributed by atoms with Crippen molar-refractivity contribution in [2.24, 2.45) is 0 Å². The number of aromatic hydroxyl groups is 3. The SMILES string of the molecule is CC(C)c1cc(-c2nnc(C(=O)NCC(F)(F)F)n2-c2ccc(CN3CCOCC3)cc2)c(O)cc1O.CCN1CCN(Cc2ccc(-n3c(C(=O)NC)nnc3-c3cc(C(C)C)c(OC)cc3O)cc2)CC1. The number of hydrogen-bond acceptors (Lipinski definition) is 14. The molecule has 0 atom stereocenters. The first-order chi connectivity index (χ1) is 34.9. The van der Waals surface area contributed by atoms with E-state index >= 15 is 0 Å². The maximum atomic E-state index is 12.7. The van der Waals surface area contributed by atoms with E-state index in [9.17, 15) is 38.1 Å². The standard InChI is InChI=1S/C27H36N6O3.C25H28F3N5O4/c1-6-31-11-13-32(14-12-31)17-19-7-9-20(10-8-19)33-25(29-30-26(33)27(35)28-4)22-15-21(18(2)3)24(36-5)16-23(22)34;1-15(2)18-11-19(21(35)12-20(18)34)22-30-31-23(24(36)29-14-25(26,27)28)33(22)17-5-3-16(4-6-17)13-32-7-9-37-10-8-32/h7-10,15-16,18,34H,6,11-14,17H2,1-5H3,(H,28,35);3-6,11-12,15,34-35H,7-10,13-14H2,1-2H3,(H,29,36). The number of phenolic OH excluding ortho intramolecular Hbond substituents is 3. The Balaban J connectivity index is 0.000000214. The van der Waals surface area contributed by atoms with E-state index in [1.807, 2.05) is 49.5 Å². The summed E-state index contributed by atoms with van der Waals surface area (Å²) in [7, 11) is 3.14. The average molecular weight is 1010 g/mol. The smallest absolute Gasteiger partial charge is 0.405 e. The molecule has 2 aliphatic rings. The van der Waals surface area contributed by atoms with Crippen molar-refractivity contribution in [3.8, 4) is 57.1 Å². The van der Waals surface area contributed by atoms with Gasteiger partial charge in [-0.2, -0.15) is 13.2 Å². The summed E-state index contributed by atoms with van der Waals surface area (Å²) < 4.78 is 52.1. The first-order valence-corrected chi connectivity index (χ1v) is 24.3. The summed E-state index contributed by atoms with van der Waals surface area (Å²) in [6.07, 6.45) is -4.61. The number of halogens is 3. The summed E-state index contributed by atoms with van der Waals surface area (Å²) in [5.74, 6) is -0.992. The van der Waals surface area contributed by atoms with E-state index in [4.69, 9.17) is 9.47 Å². The number of alkyl halides is 3. The highest BCUT2D eigenvalue weighted by atomic mass is 19.4. The molecule has 6 aromatic rings. The zero-order chi connectivity index (χ0) is 52.6. The van der Waals surface area contributed by atoms with E-state index in [-0.39, 0.29) is 58.0 Å². The van der Waals surface area contributed by atoms with Crippen molar-refractivity contribution in [2.45, 2.75) is 65.7 Å². The van der Waals surface area contributed by atoms with Crippen molar-refractivity contribution >= 4 is 11.8 Å². The van der Waals surface area contributed by atoms with Gasteiger partial charge in [0.15, 0.2) is 11.6 Å². The molecule has 0 bridgehead atoms. The maximum Gasteiger partial charge on any atom is 0.405 e. The van der Waals surface area contributed by atoms with Crippen LogP contribution in [0.4, 0.5) is 13.2 Å². The average Bonchev–Trinajstić information content (AvgIpc) is 4.02. The van der Waals surface area contributed by atoms with Gasteiger partial charge in [0.25, 0.3) is 11.8 Å². The van der Waals surface area contributed by atoms with Crippen LogP contribution in [0.5, 0.6) is 23.0 Å². The molecule has 390 valence electrons. The fourth-order valence-corrected chi connectivity index (χ4v) is 8.74. The van der Waals surface area contributed by atoms with Crippen molar-refractivity contribution in [3.63, 3.8) is 0 Å². The summed E-state index contributed by atoms with van der Waals surface area (Å²) in [6.45, 7) is 18.4. The second kappa shape index (κ2) is 23.6. The van der Waals surface area contributed by atoms with Crippen molar-refractivity contribution in [1.82, 2.24) is 54.9 Å². The molecule has 73 heavy (non-hydrogen) atoms. The van der Waals surface area contributed by atoms with Crippen molar-refractivity contribution in [3.05, 3.63) is 107 Å². The van der Waals surface area contributed by atoms with Gasteiger partial charge in [0.05, 0.1) is 31.5 Å². The van der Waals surface area contributed by atoms with Crippen LogP contribution in [-0.2, 0) is 17.8 Å². The molecule has 5 N–H and O–H groups in total. The molecule has 0 unspecified atom stereocenters. The number of piperazine rings is 1. The predicted molar refractivity (Wildman–Crippen MR) is 269 cm³/mol. The molecule has 4 aromatic carbocycles. The molecule has 2 aromatic heterocycles. The third-order valence-electron chi connectivity index (χ3n) is 12.8. The number of phenols is 3. The number of carbonyl (C=O) groups excluding carboxylic acids is 2. The Kier molecular flexibility index (Phi) is 17.4. The maximum absolute atomic E-state index is 12.7. The van der Waals surface area contributed by atoms with Crippen LogP contribution in [0.1, 0.15) is 89.9 Å². The van der Waals surface area contributed by atoms with E-state index in [2.05, 4.69) is 73.3 Å². The van der Waals surface area contributed by atoms with Gasteiger partial charge in [-0.05, 0) is 77.0 Å². The Morgan fingerprint density at radius 2 is 1.12 bits per heavy atom. The molecular weight excluding hydrogens is 948 g/mol. The number of carbonyl (C=O) groups is 2. The molecule has 2 fully saturated rings. The third-order valence-corrected chi connectivity index (χ3v) is 12.8. The van der Waals surface area contributed by atoms with E-state index in [0.29, 0.717) is 48.1 Å². The number of rotatable bonds is 15. The molecule has 21 heteroatoms. The van der Waals surface area contributed by atoms with Gasteiger partial charge in [-0.15, -0.1) is 20.4 Å². The van der Waals surface area contributed by atoms with E-state index in [0.717, 1.165) is 69.2 Å². The monoisotopic (exact) mass is 1010 g/mol. The van der Waals surface area contributed by atoms with Crippen LogP contribution in [0.3, 0.4) is 0 Å². The second-order valence-corrected chi connectivity index (χ2v) is 18.5. The van der Waals surface area contributed by atoms with Gasteiger partial charge in [0.2, 0.25) is 11.6 Å². The summed E-state index contributed by atoms with van der Waals surface area (Å²) in [5.41, 5.74) is 5.47. The second-order valence-electron chi connectivity index (χ2n) is 18.5. The number of nitrogens with one attached hydrogen (secondary N) is 2. The molecule has 0 saturated carbocycles.